The van der Waals surface area contributed by atoms with Crippen LogP contribution in [0.15, 0.2) is 24.3 Å². The van der Waals surface area contributed by atoms with Crippen molar-refractivity contribution in [1.82, 2.24) is 5.32 Å². The van der Waals surface area contributed by atoms with E-state index in [1.165, 1.54) is 180 Å². The number of unbranched alkanes of at least 4 members (excludes halogenated alkanes) is 33. The van der Waals surface area contributed by atoms with Gasteiger partial charge in [0.2, 0.25) is 5.91 Å². The summed E-state index contributed by atoms with van der Waals surface area (Å²) in [6.07, 6.45) is 44.2. The Morgan fingerprint density at radius 2 is 0.882 bits per heavy atom. The molecule has 1 aliphatic rings. The summed E-state index contributed by atoms with van der Waals surface area (Å²) in [5.74, 6) is -0.708. The van der Waals surface area contributed by atoms with Crippen molar-refractivity contribution in [2.75, 3.05) is 13.2 Å². The minimum atomic E-state index is -1.67. The molecule has 9 atom stereocenters. The second-order valence-corrected chi connectivity index (χ2v) is 20.4. The third-order valence-electron chi connectivity index (χ3n) is 14.0. The van der Waals surface area contributed by atoms with Crippen molar-refractivity contribution >= 4 is 5.91 Å². The van der Waals surface area contributed by atoms with Crippen LogP contribution < -0.4 is 5.32 Å². The fraction of sp³-hybridized carbons (Fsp3) is 0.912. The molecule has 0 aromatic rings. The van der Waals surface area contributed by atoms with Crippen molar-refractivity contribution in [3.05, 3.63) is 24.3 Å². The third-order valence-corrected chi connectivity index (χ3v) is 14.0. The van der Waals surface area contributed by atoms with Gasteiger partial charge in [0.25, 0.3) is 0 Å². The highest BCUT2D eigenvalue weighted by molar-refractivity contribution is 5.80. The van der Waals surface area contributed by atoms with Crippen molar-refractivity contribution in [3.8, 4) is 0 Å². The van der Waals surface area contributed by atoms with Gasteiger partial charge >= 0.3 is 0 Å². The maximum absolute atomic E-state index is 13.1. The third kappa shape index (κ3) is 34.8. The number of aliphatic hydroxyl groups is 7. The van der Waals surface area contributed by atoms with Crippen LogP contribution in [0.4, 0.5) is 0 Å². The lowest BCUT2D eigenvalue weighted by molar-refractivity contribution is -0.303. The van der Waals surface area contributed by atoms with Gasteiger partial charge in [0.05, 0.1) is 25.4 Å². The van der Waals surface area contributed by atoms with Crippen LogP contribution in [0.25, 0.3) is 0 Å². The second kappa shape index (κ2) is 46.6. The zero-order chi connectivity index (χ0) is 49.7. The van der Waals surface area contributed by atoms with E-state index in [0.717, 1.165) is 38.5 Å². The van der Waals surface area contributed by atoms with Crippen LogP contribution in [0, 0.1) is 0 Å². The molecule has 0 aliphatic carbocycles. The molecule has 1 fully saturated rings. The smallest absolute Gasteiger partial charge is 0.249 e. The minimum Gasteiger partial charge on any atom is -0.394 e. The Labute approximate surface area is 416 Å². The molecule has 1 amide bonds. The molecule has 0 radical (unpaired) electrons. The lowest BCUT2D eigenvalue weighted by Gasteiger charge is -2.40. The topological polar surface area (TPSA) is 189 Å². The molecule has 402 valence electrons. The van der Waals surface area contributed by atoms with Gasteiger partial charge in [-0.3, -0.25) is 4.79 Å². The number of carbonyl (C=O) groups excluding carboxylic acids is 1. The molecule has 1 rings (SSSR count). The van der Waals surface area contributed by atoms with Crippen LogP contribution in [-0.2, 0) is 14.3 Å². The molecule has 0 aromatic heterocycles. The quantitative estimate of drug-likeness (QED) is 0.0215. The first-order valence-electron chi connectivity index (χ1n) is 28.7. The Morgan fingerprint density at radius 1 is 0.500 bits per heavy atom. The van der Waals surface area contributed by atoms with E-state index in [-0.39, 0.29) is 12.8 Å². The SMILES string of the molecule is CCCC/C=C/CC/C=C/CCCC(O)C(O)C(COC1OC(CO)C(O)C(O)C1O)NC(=O)C(O)CCCCCCCCCCCCCCCCCCCCCCCCCCCCCCCC. The lowest BCUT2D eigenvalue weighted by Crippen LogP contribution is -2.60. The molecular formula is C57H109NO10. The molecule has 1 heterocycles. The minimum absolute atomic E-state index is 0.247. The van der Waals surface area contributed by atoms with E-state index in [4.69, 9.17) is 9.47 Å². The monoisotopic (exact) mass is 968 g/mol. The number of allylic oxidation sites excluding steroid dienone is 4. The van der Waals surface area contributed by atoms with Crippen molar-refractivity contribution in [2.45, 2.75) is 319 Å². The second-order valence-electron chi connectivity index (χ2n) is 20.4. The van der Waals surface area contributed by atoms with Crippen LogP contribution in [0.2, 0.25) is 0 Å². The zero-order valence-corrected chi connectivity index (χ0v) is 43.9. The van der Waals surface area contributed by atoms with Gasteiger partial charge < -0.3 is 50.5 Å². The summed E-state index contributed by atoms with van der Waals surface area (Å²) < 4.78 is 11.1. The van der Waals surface area contributed by atoms with Gasteiger partial charge in [-0.2, -0.15) is 0 Å². The summed E-state index contributed by atoms with van der Waals surface area (Å²) in [6, 6.07) is -1.19. The van der Waals surface area contributed by atoms with Gasteiger partial charge in [0, 0.05) is 0 Å². The van der Waals surface area contributed by atoms with Crippen LogP contribution >= 0.6 is 0 Å². The molecule has 9 unspecified atom stereocenters. The highest BCUT2D eigenvalue weighted by Gasteiger charge is 2.44. The van der Waals surface area contributed by atoms with Gasteiger partial charge in [0.15, 0.2) is 6.29 Å². The molecule has 1 saturated heterocycles. The number of hydrogen-bond donors (Lipinski definition) is 8. The molecule has 11 nitrogen and oxygen atoms in total. The maximum Gasteiger partial charge on any atom is 0.249 e. The number of rotatable bonds is 49. The molecule has 0 bridgehead atoms. The fourth-order valence-electron chi connectivity index (χ4n) is 9.27. The van der Waals surface area contributed by atoms with Gasteiger partial charge in [0.1, 0.15) is 36.6 Å². The number of ether oxygens (including phenoxy) is 2. The summed E-state index contributed by atoms with van der Waals surface area (Å²) in [5.41, 5.74) is 0. The normalized spacial score (nSPS) is 20.6. The van der Waals surface area contributed by atoms with E-state index in [1.807, 2.05) is 0 Å². The average molecular weight is 968 g/mol. The van der Waals surface area contributed by atoms with Gasteiger partial charge in [-0.1, -0.05) is 244 Å². The number of nitrogens with one attached hydrogen (secondary N) is 1. The molecule has 11 heteroatoms. The summed E-state index contributed by atoms with van der Waals surface area (Å²) in [4.78, 5) is 13.1. The van der Waals surface area contributed by atoms with Gasteiger partial charge in [-0.15, -0.1) is 0 Å². The molecular weight excluding hydrogens is 859 g/mol. The summed E-state index contributed by atoms with van der Waals surface area (Å²) in [6.45, 7) is 3.39. The first kappa shape index (κ1) is 64.6. The predicted molar refractivity (Wildman–Crippen MR) is 279 cm³/mol. The van der Waals surface area contributed by atoms with Crippen LogP contribution in [-0.4, -0.2) is 110 Å². The van der Waals surface area contributed by atoms with Gasteiger partial charge in [-0.25, -0.2) is 0 Å². The largest absolute Gasteiger partial charge is 0.394 e. The van der Waals surface area contributed by atoms with Crippen LogP contribution in [0.3, 0.4) is 0 Å². The summed E-state index contributed by atoms with van der Waals surface area (Å²) in [5, 5.41) is 75.8. The fourth-order valence-corrected chi connectivity index (χ4v) is 9.27. The zero-order valence-electron chi connectivity index (χ0n) is 43.9. The standard InChI is InChI=1S/C57H109NO10/c1-3-5-7-9-11-13-15-16-17-18-19-20-21-22-23-24-25-26-27-28-29-30-31-32-33-35-37-39-41-43-45-50(61)56(66)58-48(47-67-57-55(65)54(64)53(63)51(46-59)68-57)52(62)49(60)44-42-40-38-36-34-14-12-10-8-6-4-2/h10,12,36,38,48-55,57,59-65H,3-9,11,13-35,37,39-47H2,1-2H3,(H,58,66)/b12-10+,38-36+. The van der Waals surface area contributed by atoms with Crippen LogP contribution in [0.1, 0.15) is 264 Å². The first-order chi connectivity index (χ1) is 33.2. The molecule has 8 N–H and O–H groups in total. The van der Waals surface area contributed by atoms with E-state index in [0.29, 0.717) is 19.3 Å². The highest BCUT2D eigenvalue weighted by Crippen LogP contribution is 2.23. The number of hydrogen-bond acceptors (Lipinski definition) is 10. The molecule has 0 spiro atoms. The first-order valence-corrected chi connectivity index (χ1v) is 28.7. The van der Waals surface area contributed by atoms with Crippen molar-refractivity contribution in [1.29, 1.82) is 0 Å². The van der Waals surface area contributed by atoms with E-state index in [2.05, 4.69) is 43.5 Å². The number of aliphatic hydroxyl groups excluding tert-OH is 7. The van der Waals surface area contributed by atoms with E-state index in [9.17, 15) is 40.5 Å². The lowest BCUT2D eigenvalue weighted by atomic mass is 9.98. The molecule has 0 saturated carbocycles. The van der Waals surface area contributed by atoms with Crippen molar-refractivity contribution in [2.24, 2.45) is 0 Å². The van der Waals surface area contributed by atoms with Crippen molar-refractivity contribution in [3.63, 3.8) is 0 Å². The summed E-state index contributed by atoms with van der Waals surface area (Å²) in [7, 11) is 0. The maximum atomic E-state index is 13.1. The Bertz CT molecular complexity index is 1160. The van der Waals surface area contributed by atoms with Crippen molar-refractivity contribution < 1.29 is 50.0 Å². The molecule has 0 aromatic carbocycles. The van der Waals surface area contributed by atoms with Gasteiger partial charge in [-0.05, 0) is 44.9 Å². The average Bonchev–Trinajstić information content (AvgIpc) is 3.34. The Kier molecular flexibility index (Phi) is 44.3. The summed E-state index contributed by atoms with van der Waals surface area (Å²) >= 11 is 0. The van der Waals surface area contributed by atoms with E-state index < -0.39 is 74.2 Å². The Hall–Kier alpha value is -1.41. The van der Waals surface area contributed by atoms with Crippen LogP contribution in [0.5, 0.6) is 0 Å². The number of carbonyl (C=O) groups is 1. The Morgan fingerprint density at radius 3 is 1.29 bits per heavy atom. The van der Waals surface area contributed by atoms with E-state index in [1.54, 1.807) is 0 Å². The van der Waals surface area contributed by atoms with E-state index >= 15 is 0 Å². The highest BCUT2D eigenvalue weighted by atomic mass is 16.7. The molecule has 1 aliphatic heterocycles. The number of amides is 1. The molecule has 68 heavy (non-hydrogen) atoms. The predicted octanol–water partition coefficient (Wildman–Crippen LogP) is 11.7. The Balaban J connectivity index is 2.19.